The average Bonchev–Trinajstić information content (AvgIpc) is 3.34. The Labute approximate surface area is 205 Å². The van der Waals surface area contributed by atoms with Crippen LogP contribution in [0.15, 0.2) is 40.9 Å². The van der Waals surface area contributed by atoms with E-state index >= 15 is 0 Å². The van der Waals surface area contributed by atoms with Crippen molar-refractivity contribution in [2.75, 3.05) is 13.2 Å². The Kier molecular flexibility index (Phi) is 9.24. The second-order valence-corrected chi connectivity index (χ2v) is 8.20. The zero-order chi connectivity index (χ0) is 25.2. The minimum absolute atomic E-state index is 0.0352. The number of carbonyl (C=O) groups excluding carboxylic acids is 1. The summed E-state index contributed by atoms with van der Waals surface area (Å²) < 4.78 is 22.0. The maximum Gasteiger partial charge on any atom is 0.305 e. The number of hydrogen-bond acceptors (Lipinski definition) is 8. The van der Waals surface area contributed by atoms with Gasteiger partial charge in [0.1, 0.15) is 17.6 Å². The van der Waals surface area contributed by atoms with Crippen molar-refractivity contribution in [2.24, 2.45) is 0 Å². The van der Waals surface area contributed by atoms with Crippen LogP contribution in [0, 0.1) is 11.3 Å². The smallest absolute Gasteiger partial charge is 0.305 e. The molecule has 8 nitrogen and oxygen atoms in total. The van der Waals surface area contributed by atoms with Gasteiger partial charge in [0.2, 0.25) is 5.82 Å². The van der Waals surface area contributed by atoms with Gasteiger partial charge >= 0.3 is 5.97 Å². The third-order valence-corrected chi connectivity index (χ3v) is 5.18. The zero-order valence-electron chi connectivity index (χ0n) is 20.7. The fraction of sp³-hybridized carbons (Fsp3) is 0.407. The summed E-state index contributed by atoms with van der Waals surface area (Å²) in [4.78, 5) is 16.0. The highest BCUT2D eigenvalue weighted by atomic mass is 16.5. The summed E-state index contributed by atoms with van der Waals surface area (Å²) in [5, 5.41) is 13.6. The molecule has 0 aliphatic rings. The van der Waals surface area contributed by atoms with Crippen molar-refractivity contribution in [3.05, 3.63) is 47.5 Å². The molecule has 0 fully saturated rings. The molecule has 2 aromatic carbocycles. The minimum Gasteiger partial charge on any atom is -0.494 e. The second-order valence-electron chi connectivity index (χ2n) is 8.20. The largest absolute Gasteiger partial charge is 0.494 e. The molecule has 0 N–H and O–H groups in total. The maximum absolute atomic E-state index is 11.4. The van der Waals surface area contributed by atoms with Gasteiger partial charge in [-0.2, -0.15) is 10.2 Å². The van der Waals surface area contributed by atoms with E-state index in [2.05, 4.69) is 23.1 Å². The molecule has 0 saturated heterocycles. The summed E-state index contributed by atoms with van der Waals surface area (Å²) in [6, 6.07) is 13.2. The quantitative estimate of drug-likeness (QED) is 0.240. The van der Waals surface area contributed by atoms with E-state index in [4.69, 9.17) is 18.7 Å². The van der Waals surface area contributed by atoms with Crippen LogP contribution in [0.5, 0.6) is 11.5 Å². The van der Waals surface area contributed by atoms with E-state index in [0.717, 1.165) is 36.1 Å². The highest BCUT2D eigenvalue weighted by Crippen LogP contribution is 2.30. The van der Waals surface area contributed by atoms with E-state index in [1.165, 1.54) is 0 Å². The SMILES string of the molecule is CCOC(=O)CCCCOc1ccc(-c2noc(-c3ccc(OC(C)C)c(C#N)c3)n2)c(CC)c1. The van der Waals surface area contributed by atoms with Crippen molar-refractivity contribution in [2.45, 2.75) is 59.5 Å². The van der Waals surface area contributed by atoms with E-state index < -0.39 is 0 Å². The van der Waals surface area contributed by atoms with Gasteiger partial charge in [0.05, 0.1) is 24.9 Å². The van der Waals surface area contributed by atoms with Gasteiger partial charge in [0, 0.05) is 17.5 Å². The van der Waals surface area contributed by atoms with Gasteiger partial charge in [0.25, 0.3) is 5.89 Å². The summed E-state index contributed by atoms with van der Waals surface area (Å²) in [6.45, 7) is 8.60. The Morgan fingerprint density at radius 2 is 1.97 bits per heavy atom. The van der Waals surface area contributed by atoms with Crippen LogP contribution in [0.4, 0.5) is 0 Å². The molecule has 0 bridgehead atoms. The van der Waals surface area contributed by atoms with Gasteiger partial charge in [0.15, 0.2) is 0 Å². The first-order valence-corrected chi connectivity index (χ1v) is 11.9. The van der Waals surface area contributed by atoms with E-state index in [1.54, 1.807) is 25.1 Å². The first kappa shape index (κ1) is 25.8. The molecular weight excluding hydrogens is 446 g/mol. The van der Waals surface area contributed by atoms with E-state index in [-0.39, 0.29) is 12.1 Å². The predicted octanol–water partition coefficient (Wildman–Crippen LogP) is 5.74. The molecule has 0 aliphatic carbocycles. The van der Waals surface area contributed by atoms with Gasteiger partial charge in [-0.25, -0.2) is 0 Å². The standard InChI is InChI=1S/C27H31N3O5/c1-5-19-16-22(33-14-8-7-9-25(31)32-6-2)11-12-23(19)26-29-27(35-30-26)20-10-13-24(34-18(3)4)21(15-20)17-28/h10-13,15-16,18H,5-9,14H2,1-4H3. The molecule has 1 aromatic heterocycles. The maximum atomic E-state index is 11.4. The molecule has 0 unspecified atom stereocenters. The number of esters is 1. The molecule has 35 heavy (non-hydrogen) atoms. The highest BCUT2D eigenvalue weighted by Gasteiger charge is 2.16. The molecule has 1 heterocycles. The van der Waals surface area contributed by atoms with E-state index in [1.807, 2.05) is 32.0 Å². The second kappa shape index (κ2) is 12.6. The number of aryl methyl sites for hydroxylation is 1. The molecule has 184 valence electrons. The molecule has 0 radical (unpaired) electrons. The normalized spacial score (nSPS) is 10.7. The number of benzene rings is 2. The Balaban J connectivity index is 1.68. The molecule has 0 aliphatic heterocycles. The van der Waals surface area contributed by atoms with Crippen LogP contribution >= 0.6 is 0 Å². The average molecular weight is 478 g/mol. The van der Waals surface area contributed by atoms with Gasteiger partial charge in [-0.1, -0.05) is 12.1 Å². The van der Waals surface area contributed by atoms with Crippen molar-refractivity contribution in [3.8, 4) is 40.4 Å². The van der Waals surface area contributed by atoms with Crippen LogP contribution in [0.3, 0.4) is 0 Å². The van der Waals surface area contributed by atoms with Crippen molar-refractivity contribution in [1.29, 1.82) is 5.26 Å². The van der Waals surface area contributed by atoms with Crippen molar-refractivity contribution >= 4 is 5.97 Å². The zero-order valence-corrected chi connectivity index (χ0v) is 20.7. The Morgan fingerprint density at radius 3 is 2.69 bits per heavy atom. The number of hydrogen-bond donors (Lipinski definition) is 0. The number of nitrogens with zero attached hydrogens (tertiary/aromatic N) is 3. The Bertz CT molecular complexity index is 1180. The molecule has 0 amide bonds. The lowest BCUT2D eigenvalue weighted by Gasteiger charge is -2.11. The van der Waals surface area contributed by atoms with Gasteiger partial charge in [-0.15, -0.1) is 0 Å². The van der Waals surface area contributed by atoms with Crippen LogP contribution in [-0.2, 0) is 16.0 Å². The van der Waals surface area contributed by atoms with Crippen LogP contribution < -0.4 is 9.47 Å². The minimum atomic E-state index is -0.173. The lowest BCUT2D eigenvalue weighted by molar-refractivity contribution is -0.143. The van der Waals surface area contributed by atoms with Crippen molar-refractivity contribution < 1.29 is 23.5 Å². The molecule has 0 spiro atoms. The van der Waals surface area contributed by atoms with E-state index in [9.17, 15) is 10.1 Å². The number of nitriles is 1. The molecule has 8 heteroatoms. The lowest BCUT2D eigenvalue weighted by atomic mass is 10.0. The third kappa shape index (κ3) is 7.06. The monoisotopic (exact) mass is 477 g/mol. The van der Waals surface area contributed by atoms with Crippen LogP contribution in [0.2, 0.25) is 0 Å². The van der Waals surface area contributed by atoms with Crippen LogP contribution in [0.25, 0.3) is 22.8 Å². The fourth-order valence-corrected chi connectivity index (χ4v) is 3.52. The summed E-state index contributed by atoms with van der Waals surface area (Å²) in [5.41, 5.74) is 2.95. The summed E-state index contributed by atoms with van der Waals surface area (Å²) in [5.74, 6) is 1.91. The third-order valence-electron chi connectivity index (χ3n) is 5.18. The number of rotatable bonds is 12. The van der Waals surface area contributed by atoms with Crippen LogP contribution in [0.1, 0.15) is 58.1 Å². The molecular formula is C27H31N3O5. The van der Waals surface area contributed by atoms with Crippen LogP contribution in [-0.4, -0.2) is 35.4 Å². The lowest BCUT2D eigenvalue weighted by Crippen LogP contribution is -2.06. The fourth-order valence-electron chi connectivity index (χ4n) is 3.52. The van der Waals surface area contributed by atoms with E-state index in [0.29, 0.717) is 48.2 Å². The summed E-state index contributed by atoms with van der Waals surface area (Å²) in [6.07, 6.45) is 2.62. The van der Waals surface area contributed by atoms with Gasteiger partial charge in [-0.05, 0) is 82.0 Å². The Hall–Kier alpha value is -3.86. The first-order chi connectivity index (χ1) is 16.9. The number of carbonyl (C=O) groups is 1. The molecule has 3 aromatic rings. The van der Waals surface area contributed by atoms with Gasteiger partial charge in [-0.3, -0.25) is 4.79 Å². The highest BCUT2D eigenvalue weighted by molar-refractivity contribution is 5.69. The summed E-state index contributed by atoms with van der Waals surface area (Å²) >= 11 is 0. The molecule has 3 rings (SSSR count). The topological polar surface area (TPSA) is 107 Å². The number of aromatic nitrogens is 2. The van der Waals surface area contributed by atoms with Gasteiger partial charge < -0.3 is 18.7 Å². The predicted molar refractivity (Wildman–Crippen MR) is 131 cm³/mol. The Morgan fingerprint density at radius 1 is 1.14 bits per heavy atom. The number of ether oxygens (including phenoxy) is 3. The summed E-state index contributed by atoms with van der Waals surface area (Å²) in [7, 11) is 0. The first-order valence-electron chi connectivity index (χ1n) is 11.9. The molecule has 0 saturated carbocycles. The number of unbranched alkanes of at least 4 members (excludes halogenated alkanes) is 1. The molecule has 0 atom stereocenters. The van der Waals surface area contributed by atoms with Crippen molar-refractivity contribution in [3.63, 3.8) is 0 Å². The van der Waals surface area contributed by atoms with Crippen molar-refractivity contribution in [1.82, 2.24) is 10.1 Å².